The molecule has 0 unspecified atom stereocenters. The number of aromatic nitrogens is 6. The summed E-state index contributed by atoms with van der Waals surface area (Å²) in [6.45, 7) is 3.10. The van der Waals surface area contributed by atoms with E-state index in [1.165, 1.54) is 37.0 Å². The van der Waals surface area contributed by atoms with Gasteiger partial charge in [0.2, 0.25) is 10.0 Å². The first-order valence-corrected chi connectivity index (χ1v) is 16.4. The molecule has 5 aromatic heterocycles. The summed E-state index contributed by atoms with van der Waals surface area (Å²) in [6.07, 6.45) is 10.3. The van der Waals surface area contributed by atoms with Crippen LogP contribution in [0.4, 0.5) is 4.39 Å². The monoisotopic (exact) mass is 610 g/mol. The summed E-state index contributed by atoms with van der Waals surface area (Å²) in [5.41, 5.74) is 8.21. The van der Waals surface area contributed by atoms with E-state index in [1.54, 1.807) is 12.3 Å². The van der Waals surface area contributed by atoms with E-state index < -0.39 is 15.8 Å². The van der Waals surface area contributed by atoms with Gasteiger partial charge in [-0.25, -0.2) is 22.5 Å². The highest BCUT2D eigenvalue weighted by molar-refractivity contribution is 7.88. The van der Waals surface area contributed by atoms with Gasteiger partial charge < -0.3 is 4.98 Å². The van der Waals surface area contributed by atoms with E-state index in [-0.39, 0.29) is 6.54 Å². The zero-order chi connectivity index (χ0) is 30.3. The SMILES string of the molecule is CS(=O)(=O)NCc1cc(F)cc(-c2nccc3[nH]c(-c4n[nH]c5ccc(-c6cncc(CN7CCCCC7)c6)nc45)cc23)c1. The van der Waals surface area contributed by atoms with Gasteiger partial charge >= 0.3 is 0 Å². The van der Waals surface area contributed by atoms with Crippen LogP contribution < -0.4 is 4.72 Å². The zero-order valence-electron chi connectivity index (χ0n) is 24.1. The van der Waals surface area contributed by atoms with Gasteiger partial charge in [0.15, 0.2) is 0 Å². The number of rotatable bonds is 8. The highest BCUT2D eigenvalue weighted by atomic mass is 32.2. The quantitative estimate of drug-likeness (QED) is 0.210. The molecule has 7 rings (SSSR count). The van der Waals surface area contributed by atoms with Crippen LogP contribution in [0.25, 0.3) is 55.8 Å². The summed E-state index contributed by atoms with van der Waals surface area (Å²) < 4.78 is 40.2. The third-order valence-corrected chi connectivity index (χ3v) is 8.59. The second-order valence-electron chi connectivity index (χ2n) is 11.3. The second kappa shape index (κ2) is 11.5. The predicted octanol–water partition coefficient (Wildman–Crippen LogP) is 5.40. The molecule has 1 aliphatic rings. The number of nitrogens with zero attached hydrogens (tertiary/aromatic N) is 5. The Balaban J connectivity index is 1.23. The highest BCUT2D eigenvalue weighted by Gasteiger charge is 2.18. The minimum atomic E-state index is -3.43. The maximum absolute atomic E-state index is 14.6. The number of piperidine rings is 1. The summed E-state index contributed by atoms with van der Waals surface area (Å²) in [4.78, 5) is 20.0. The fourth-order valence-corrected chi connectivity index (χ4v) is 6.28. The summed E-state index contributed by atoms with van der Waals surface area (Å²) >= 11 is 0. The number of fused-ring (bicyclic) bond motifs is 2. The van der Waals surface area contributed by atoms with Crippen LogP contribution in [-0.2, 0) is 23.1 Å². The van der Waals surface area contributed by atoms with E-state index in [4.69, 9.17) is 4.98 Å². The molecular formula is C32H31FN8O2S. The van der Waals surface area contributed by atoms with Crippen molar-refractivity contribution in [2.45, 2.75) is 32.4 Å². The van der Waals surface area contributed by atoms with Crippen LogP contribution in [0.15, 0.2) is 67.1 Å². The van der Waals surface area contributed by atoms with Crippen LogP contribution in [0.1, 0.15) is 30.4 Å². The van der Waals surface area contributed by atoms with Crippen molar-refractivity contribution in [3.05, 3.63) is 84.1 Å². The standard InChI is InChI=1S/C32H31FN8O2S/c1-44(42,43)36-17-20-11-22(14-24(33)13-20)30-25-15-29(37-27(25)7-8-35-30)32-31-28(39-40-32)6-5-26(38-31)23-12-21(16-34-18-23)19-41-9-3-2-4-10-41/h5-8,11-16,18,36-37H,2-4,9-10,17,19H2,1H3,(H,39,40). The lowest BCUT2D eigenvalue weighted by atomic mass is 10.0. The van der Waals surface area contributed by atoms with Crippen molar-refractivity contribution in [3.8, 4) is 33.9 Å². The molecule has 0 spiro atoms. The molecule has 0 bridgehead atoms. The Morgan fingerprint density at radius 3 is 2.61 bits per heavy atom. The van der Waals surface area contributed by atoms with E-state index in [1.807, 2.05) is 36.7 Å². The largest absolute Gasteiger partial charge is 0.353 e. The minimum Gasteiger partial charge on any atom is -0.353 e. The molecule has 6 heterocycles. The van der Waals surface area contributed by atoms with Gasteiger partial charge in [0.1, 0.15) is 17.0 Å². The fraction of sp³-hybridized carbons (Fsp3) is 0.250. The molecule has 0 saturated carbocycles. The van der Waals surface area contributed by atoms with E-state index in [9.17, 15) is 12.8 Å². The van der Waals surface area contributed by atoms with E-state index in [0.29, 0.717) is 28.0 Å². The maximum Gasteiger partial charge on any atom is 0.209 e. The van der Waals surface area contributed by atoms with Gasteiger partial charge in [0, 0.05) is 53.7 Å². The maximum atomic E-state index is 14.6. The van der Waals surface area contributed by atoms with Crippen LogP contribution in [-0.4, -0.2) is 62.8 Å². The molecule has 6 aromatic rings. The molecule has 12 heteroatoms. The predicted molar refractivity (Wildman–Crippen MR) is 168 cm³/mol. The average molecular weight is 611 g/mol. The third kappa shape index (κ3) is 5.96. The van der Waals surface area contributed by atoms with Gasteiger partial charge in [-0.15, -0.1) is 0 Å². The Kier molecular flexibility index (Phi) is 7.40. The van der Waals surface area contributed by atoms with Gasteiger partial charge in [0.05, 0.1) is 28.9 Å². The summed E-state index contributed by atoms with van der Waals surface area (Å²) in [5.74, 6) is -0.480. The number of H-pyrrole nitrogens is 2. The first-order valence-electron chi connectivity index (χ1n) is 14.5. The van der Waals surface area contributed by atoms with Crippen molar-refractivity contribution < 1.29 is 12.8 Å². The Morgan fingerprint density at radius 2 is 1.77 bits per heavy atom. The Morgan fingerprint density at radius 1 is 0.932 bits per heavy atom. The molecule has 1 fully saturated rings. The van der Waals surface area contributed by atoms with Crippen molar-refractivity contribution in [1.29, 1.82) is 0 Å². The number of hydrogen-bond acceptors (Lipinski definition) is 7. The van der Waals surface area contributed by atoms with Crippen molar-refractivity contribution in [2.24, 2.45) is 0 Å². The number of aromatic amines is 2. The van der Waals surface area contributed by atoms with Crippen molar-refractivity contribution >= 4 is 32.0 Å². The average Bonchev–Trinajstić information content (AvgIpc) is 3.64. The molecule has 0 amide bonds. The van der Waals surface area contributed by atoms with Crippen LogP contribution in [0.2, 0.25) is 0 Å². The van der Waals surface area contributed by atoms with Gasteiger partial charge in [-0.1, -0.05) is 6.42 Å². The molecule has 3 N–H and O–H groups in total. The molecule has 10 nitrogen and oxygen atoms in total. The molecule has 1 saturated heterocycles. The minimum absolute atomic E-state index is 0.0259. The summed E-state index contributed by atoms with van der Waals surface area (Å²) in [6, 6.07) is 14.3. The smallest absolute Gasteiger partial charge is 0.209 e. The van der Waals surface area contributed by atoms with Gasteiger partial charge in [0.25, 0.3) is 0 Å². The van der Waals surface area contributed by atoms with Gasteiger partial charge in [-0.2, -0.15) is 5.10 Å². The van der Waals surface area contributed by atoms with Crippen LogP contribution in [0.3, 0.4) is 0 Å². The fourth-order valence-electron chi connectivity index (χ4n) is 5.85. The first-order chi connectivity index (χ1) is 21.3. The number of nitrogens with one attached hydrogen (secondary N) is 3. The number of pyridine rings is 3. The van der Waals surface area contributed by atoms with Gasteiger partial charge in [-0.3, -0.25) is 20.0 Å². The highest BCUT2D eigenvalue weighted by Crippen LogP contribution is 2.34. The number of sulfonamides is 1. The summed E-state index contributed by atoms with van der Waals surface area (Å²) in [5, 5.41) is 8.44. The topological polar surface area (TPSA) is 133 Å². The van der Waals surface area contributed by atoms with E-state index in [2.05, 4.69) is 40.8 Å². The van der Waals surface area contributed by atoms with E-state index >= 15 is 0 Å². The number of likely N-dealkylation sites (tertiary alicyclic amines) is 1. The number of hydrogen-bond donors (Lipinski definition) is 3. The van der Waals surface area contributed by atoms with Crippen molar-refractivity contribution in [2.75, 3.05) is 19.3 Å². The molecule has 44 heavy (non-hydrogen) atoms. The number of benzene rings is 1. The van der Waals surface area contributed by atoms with Crippen molar-refractivity contribution in [1.82, 2.24) is 39.8 Å². The zero-order valence-corrected chi connectivity index (χ0v) is 25.0. The Hall–Kier alpha value is -4.52. The lowest BCUT2D eigenvalue weighted by Crippen LogP contribution is -2.29. The lowest BCUT2D eigenvalue weighted by Gasteiger charge is -2.26. The first kappa shape index (κ1) is 28.3. The van der Waals surface area contributed by atoms with Crippen LogP contribution in [0.5, 0.6) is 0 Å². The molecule has 224 valence electrons. The normalized spacial score (nSPS) is 14.5. The van der Waals surface area contributed by atoms with Crippen LogP contribution >= 0.6 is 0 Å². The molecule has 1 aliphatic heterocycles. The molecule has 0 aliphatic carbocycles. The third-order valence-electron chi connectivity index (χ3n) is 7.93. The van der Waals surface area contributed by atoms with Gasteiger partial charge in [-0.05, 0) is 85.6 Å². The Labute approximate surface area is 253 Å². The molecule has 0 atom stereocenters. The summed E-state index contributed by atoms with van der Waals surface area (Å²) in [7, 11) is -3.43. The Bertz CT molecular complexity index is 2100. The number of halogens is 1. The molecular weight excluding hydrogens is 579 g/mol. The van der Waals surface area contributed by atoms with Crippen molar-refractivity contribution in [3.63, 3.8) is 0 Å². The van der Waals surface area contributed by atoms with Crippen LogP contribution in [0, 0.1) is 5.82 Å². The molecule has 0 radical (unpaired) electrons. The lowest BCUT2D eigenvalue weighted by molar-refractivity contribution is 0.220. The second-order valence-corrected chi connectivity index (χ2v) is 13.2. The molecule has 1 aromatic carbocycles. The van der Waals surface area contributed by atoms with E-state index in [0.717, 1.165) is 59.3 Å².